The highest BCUT2D eigenvalue weighted by atomic mass is 19.1. The van der Waals surface area contributed by atoms with E-state index in [-0.39, 0.29) is 24.9 Å². The van der Waals surface area contributed by atoms with Crippen LogP contribution in [0, 0.1) is 0 Å². The van der Waals surface area contributed by atoms with Crippen molar-refractivity contribution in [3.63, 3.8) is 0 Å². The number of carbonyl (C=O) groups is 6. The Bertz CT molecular complexity index is 2220. The summed E-state index contributed by atoms with van der Waals surface area (Å²) in [5.74, 6) is -4.70. The molecule has 1 saturated heterocycles. The topological polar surface area (TPSA) is 245 Å². The molecular formula is C50H72FN9O7. The number of H-pyrrole nitrogens is 1. The maximum atomic E-state index is 15.8. The number of aliphatic hydroxyl groups is 1. The van der Waals surface area contributed by atoms with E-state index in [4.69, 9.17) is 11.5 Å². The Hall–Kier alpha value is -6.07. The van der Waals surface area contributed by atoms with Crippen LogP contribution in [0.25, 0.3) is 10.9 Å². The van der Waals surface area contributed by atoms with E-state index in [2.05, 4.69) is 26.3 Å². The summed E-state index contributed by atoms with van der Waals surface area (Å²) in [6.45, 7) is 7.14. The van der Waals surface area contributed by atoms with Gasteiger partial charge in [0, 0.05) is 48.7 Å². The zero-order valence-corrected chi connectivity index (χ0v) is 39.9. The molecule has 0 aliphatic carbocycles. The van der Waals surface area contributed by atoms with Crippen LogP contribution in [0.5, 0.6) is 0 Å². The molecule has 2 heterocycles. The molecule has 17 heteroatoms. The molecule has 10 N–H and O–H groups in total. The normalized spacial score (nSPS) is 17.2. The Morgan fingerprint density at radius 3 is 2.13 bits per heavy atom. The summed E-state index contributed by atoms with van der Waals surface area (Å²) < 4.78 is 15.8. The number of benzene rings is 2. The number of aromatic amines is 1. The van der Waals surface area contributed by atoms with Gasteiger partial charge in [0.05, 0.1) is 12.6 Å². The zero-order valence-electron chi connectivity index (χ0n) is 39.9. The number of unbranched alkanes of at least 4 members (excludes halogenated alkanes) is 2. The van der Waals surface area contributed by atoms with Gasteiger partial charge in [0.15, 0.2) is 0 Å². The number of aliphatic hydroxyl groups excluding tert-OH is 1. The van der Waals surface area contributed by atoms with Crippen LogP contribution in [0.1, 0.15) is 103 Å². The number of para-hydroxylation sites is 2. The Labute approximate surface area is 393 Å². The number of amides is 6. The monoisotopic (exact) mass is 930 g/mol. The molecule has 1 aliphatic heterocycles. The number of allylic oxidation sites excluding steroid dienone is 4. The number of hydrogen-bond donors (Lipinski definition) is 8. The van der Waals surface area contributed by atoms with Gasteiger partial charge in [-0.3, -0.25) is 28.8 Å². The second kappa shape index (κ2) is 25.7. The predicted octanol–water partition coefficient (Wildman–Crippen LogP) is 4.18. The summed E-state index contributed by atoms with van der Waals surface area (Å²) in [5.41, 5.74) is 13.2. The van der Waals surface area contributed by atoms with Crippen molar-refractivity contribution in [2.24, 2.45) is 5.73 Å². The summed E-state index contributed by atoms with van der Waals surface area (Å²) >= 11 is 0. The smallest absolute Gasteiger partial charge is 0.245 e. The molecule has 4 rings (SSSR count). The zero-order chi connectivity index (χ0) is 49.3. The fourth-order valence-corrected chi connectivity index (χ4v) is 8.71. The largest absolute Gasteiger partial charge is 0.398 e. The second-order valence-electron chi connectivity index (χ2n) is 17.7. The number of fused-ring (bicyclic) bond motifs is 1. The molecule has 0 saturated carbocycles. The van der Waals surface area contributed by atoms with Crippen molar-refractivity contribution >= 4 is 52.0 Å². The van der Waals surface area contributed by atoms with E-state index >= 15 is 9.18 Å². The quantitative estimate of drug-likeness (QED) is 0.0425. The van der Waals surface area contributed by atoms with Crippen LogP contribution in [0.4, 0.5) is 10.1 Å². The third-order valence-corrected chi connectivity index (χ3v) is 12.6. The molecule has 6 amide bonds. The molecule has 3 aromatic rings. The average Bonchev–Trinajstić information content (AvgIpc) is 4.00. The summed E-state index contributed by atoms with van der Waals surface area (Å²) in [4.78, 5) is 89.9. The number of carbonyl (C=O) groups excluding carboxylic acids is 6. The van der Waals surface area contributed by atoms with Crippen LogP contribution in [-0.2, 0) is 40.6 Å². The molecule has 1 aliphatic rings. The van der Waals surface area contributed by atoms with Crippen molar-refractivity contribution in [3.8, 4) is 0 Å². The second-order valence-corrected chi connectivity index (χ2v) is 17.7. The number of hydrogen-bond acceptors (Lipinski definition) is 9. The fraction of sp³-hybridized carbons (Fsp3) is 0.520. The number of halogens is 1. The van der Waals surface area contributed by atoms with E-state index < -0.39 is 89.5 Å². The molecule has 67 heavy (non-hydrogen) atoms. The molecule has 7 atom stereocenters. The number of nitrogens with one attached hydrogen (secondary N) is 5. The minimum Gasteiger partial charge on any atom is -0.398 e. The summed E-state index contributed by atoms with van der Waals surface area (Å²) in [6, 6.07) is 7.34. The highest BCUT2D eigenvalue weighted by Gasteiger charge is 2.41. The summed E-state index contributed by atoms with van der Waals surface area (Å²) in [6.07, 6.45) is 10.7. The van der Waals surface area contributed by atoms with Gasteiger partial charge in [0.1, 0.15) is 36.0 Å². The molecule has 2 aromatic carbocycles. The Morgan fingerprint density at radius 2 is 1.51 bits per heavy atom. The molecule has 1 fully saturated rings. The Morgan fingerprint density at radius 1 is 0.881 bits per heavy atom. The summed E-state index contributed by atoms with van der Waals surface area (Å²) in [5, 5.41) is 22.9. The number of nitrogens with two attached hydrogens (primary N) is 2. The van der Waals surface area contributed by atoms with Crippen LogP contribution >= 0.6 is 0 Å². The van der Waals surface area contributed by atoms with Gasteiger partial charge in [-0.05, 0) is 80.5 Å². The number of nitrogens with zero attached hydrogens (tertiary/aromatic N) is 2. The van der Waals surface area contributed by atoms with Crippen molar-refractivity contribution < 1.29 is 38.3 Å². The van der Waals surface area contributed by atoms with E-state index in [1.807, 2.05) is 45.0 Å². The Kier molecular flexibility index (Phi) is 20.6. The third-order valence-electron chi connectivity index (χ3n) is 12.6. The molecule has 0 spiro atoms. The van der Waals surface area contributed by atoms with Gasteiger partial charge in [-0.15, -0.1) is 0 Å². The van der Waals surface area contributed by atoms with Gasteiger partial charge in [0.25, 0.3) is 0 Å². The van der Waals surface area contributed by atoms with E-state index in [0.717, 1.165) is 29.3 Å². The number of likely N-dealkylation sites (N-methyl/N-ethyl adjacent to an activating group) is 2. The van der Waals surface area contributed by atoms with Gasteiger partial charge in [-0.25, -0.2) is 4.39 Å². The van der Waals surface area contributed by atoms with Gasteiger partial charge >= 0.3 is 0 Å². The molecule has 1 aromatic heterocycles. The lowest BCUT2D eigenvalue weighted by Crippen LogP contribution is -2.61. The summed E-state index contributed by atoms with van der Waals surface area (Å²) in [7, 11) is 2.90. The lowest BCUT2D eigenvalue weighted by Gasteiger charge is -2.38. The number of primary amides is 1. The standard InChI is InChI=1S/C50H72FN9O7/c1-7-10-18-33(51)28-50(4,35-20-14-15-21-36(35)52)29-40(48(66)60(6)43(25-12-9-3)49(67)59(5)42(44(53)62)24-11-8-2)57-47(65)41(31-61)58-46(64)39(56-45(63)38-23-17-26-54-38)27-32-30-55-37-22-16-13-19-34(32)37/h10,13-16,18-22,28,30,38-43,54-55,61H,7-9,11-12,17,23-27,29,31,52H2,1-6H3,(H2,53,62)(H,56,63)(H,57,65)(H,58,64)/b18-10-,33-28+. The van der Waals surface area contributed by atoms with Gasteiger partial charge < -0.3 is 52.6 Å². The number of aromatic nitrogens is 1. The van der Waals surface area contributed by atoms with Crippen molar-refractivity contribution in [1.29, 1.82) is 0 Å². The van der Waals surface area contributed by atoms with Crippen molar-refractivity contribution in [2.45, 2.75) is 140 Å². The minimum absolute atomic E-state index is 0.0396. The van der Waals surface area contributed by atoms with Crippen LogP contribution in [0.3, 0.4) is 0 Å². The Balaban J connectivity index is 1.75. The van der Waals surface area contributed by atoms with Crippen molar-refractivity contribution in [1.82, 2.24) is 36.1 Å². The molecule has 0 radical (unpaired) electrons. The number of rotatable bonds is 26. The third kappa shape index (κ3) is 14.5. The molecule has 16 nitrogen and oxygen atoms in total. The first-order valence-corrected chi connectivity index (χ1v) is 23.5. The van der Waals surface area contributed by atoms with Crippen LogP contribution in [0.15, 0.2) is 78.8 Å². The maximum absolute atomic E-state index is 15.8. The van der Waals surface area contributed by atoms with Gasteiger partial charge in [-0.2, -0.15) is 0 Å². The van der Waals surface area contributed by atoms with Gasteiger partial charge in [0.2, 0.25) is 35.4 Å². The minimum atomic E-state index is -1.63. The first kappa shape index (κ1) is 53.5. The van der Waals surface area contributed by atoms with Crippen LogP contribution in [-0.4, -0.2) is 119 Å². The highest BCUT2D eigenvalue weighted by molar-refractivity contribution is 5.97. The molecule has 7 unspecified atom stereocenters. The first-order valence-electron chi connectivity index (χ1n) is 23.5. The molecular weight excluding hydrogens is 858 g/mol. The average molecular weight is 930 g/mol. The molecule has 366 valence electrons. The highest BCUT2D eigenvalue weighted by Crippen LogP contribution is 2.37. The first-order chi connectivity index (χ1) is 32.0. The van der Waals surface area contributed by atoms with Crippen LogP contribution < -0.4 is 32.7 Å². The van der Waals surface area contributed by atoms with Crippen molar-refractivity contribution in [3.05, 3.63) is 89.9 Å². The van der Waals surface area contributed by atoms with E-state index in [0.29, 0.717) is 50.6 Å². The van der Waals surface area contributed by atoms with Gasteiger partial charge in [-0.1, -0.05) is 95.9 Å². The van der Waals surface area contributed by atoms with E-state index in [1.54, 1.807) is 43.5 Å². The van der Waals surface area contributed by atoms with E-state index in [1.165, 1.54) is 36.0 Å². The number of nitrogen functional groups attached to an aromatic ring is 1. The lowest BCUT2D eigenvalue weighted by atomic mass is 9.75. The van der Waals surface area contributed by atoms with Crippen LogP contribution in [0.2, 0.25) is 0 Å². The van der Waals surface area contributed by atoms with E-state index in [9.17, 15) is 29.1 Å². The lowest BCUT2D eigenvalue weighted by molar-refractivity contribution is -0.149. The van der Waals surface area contributed by atoms with Crippen molar-refractivity contribution in [2.75, 3.05) is 33.0 Å². The fourth-order valence-electron chi connectivity index (χ4n) is 8.71. The SMILES string of the molecule is CC/C=C\C(F)=C/C(C)(CC(NC(=O)C(CO)NC(=O)C(Cc1c[nH]c2ccccc12)NC(=O)C1CCCN1)C(=O)N(C)C(CCCC)C(=O)N(C)C(CCCC)C(N)=O)c1ccccc1N. The maximum Gasteiger partial charge on any atom is 0.245 e. The predicted molar refractivity (Wildman–Crippen MR) is 259 cm³/mol. The number of anilines is 1. The molecule has 0 bridgehead atoms.